The van der Waals surface area contributed by atoms with Gasteiger partial charge in [-0.05, 0) is 24.0 Å². The van der Waals surface area contributed by atoms with Gasteiger partial charge in [-0.1, -0.05) is 62.4 Å². The summed E-state index contributed by atoms with van der Waals surface area (Å²) < 4.78 is 0. The Balaban J connectivity index is 2.00. The van der Waals surface area contributed by atoms with E-state index in [0.717, 1.165) is 17.8 Å². The predicted molar refractivity (Wildman–Crippen MR) is 95.8 cm³/mol. The van der Waals surface area contributed by atoms with Crippen molar-refractivity contribution in [2.75, 3.05) is 18.9 Å². The zero-order valence-electron chi connectivity index (χ0n) is 14.5. The summed E-state index contributed by atoms with van der Waals surface area (Å²) in [5.74, 6) is 0.453. The molecule has 3 heteroatoms. The van der Waals surface area contributed by atoms with Crippen LogP contribution in [0.5, 0.6) is 0 Å². The first-order chi connectivity index (χ1) is 11.0. The molecule has 0 bridgehead atoms. The van der Waals surface area contributed by atoms with Gasteiger partial charge in [0.15, 0.2) is 6.54 Å². The molecule has 0 heterocycles. The smallest absolute Gasteiger partial charge is 0.279 e. The maximum absolute atomic E-state index is 12.4. The lowest BCUT2D eigenvalue weighted by molar-refractivity contribution is -0.885. The number of likely N-dealkylation sites (N-methyl/N-ethyl adjacent to an activating group) is 1. The van der Waals surface area contributed by atoms with Crippen LogP contribution in [0.4, 0.5) is 5.69 Å². The van der Waals surface area contributed by atoms with Crippen LogP contribution >= 0.6 is 0 Å². The van der Waals surface area contributed by atoms with E-state index < -0.39 is 0 Å². The number of hydrogen-bond acceptors (Lipinski definition) is 1. The van der Waals surface area contributed by atoms with Gasteiger partial charge in [-0.25, -0.2) is 0 Å². The van der Waals surface area contributed by atoms with Crippen molar-refractivity contribution in [1.29, 1.82) is 0 Å². The van der Waals surface area contributed by atoms with Crippen LogP contribution in [0.15, 0.2) is 48.5 Å². The lowest BCUT2D eigenvalue weighted by Crippen LogP contribution is -3.08. The Morgan fingerprint density at radius 2 is 1.78 bits per heavy atom. The summed E-state index contributed by atoms with van der Waals surface area (Å²) in [6.07, 6.45) is 0. The number of benzene rings is 2. The molecule has 23 heavy (non-hydrogen) atoms. The first kappa shape index (κ1) is 17.2. The molecular formula is C20H27N2O+. The van der Waals surface area contributed by atoms with Crippen molar-refractivity contribution in [2.45, 2.75) is 33.2 Å². The Bertz CT molecular complexity index is 650. The van der Waals surface area contributed by atoms with Crippen LogP contribution in [-0.2, 0) is 11.3 Å². The van der Waals surface area contributed by atoms with Crippen LogP contribution in [-0.4, -0.2) is 19.5 Å². The minimum absolute atomic E-state index is 0.0645. The normalized spacial score (nSPS) is 12.2. The second-order valence-corrected chi connectivity index (χ2v) is 6.54. The Hall–Kier alpha value is -2.13. The fourth-order valence-corrected chi connectivity index (χ4v) is 2.81. The third kappa shape index (κ3) is 4.93. The van der Waals surface area contributed by atoms with Crippen molar-refractivity contribution in [3.05, 3.63) is 65.2 Å². The number of anilines is 1. The molecular weight excluding hydrogens is 284 g/mol. The average molecular weight is 311 g/mol. The lowest BCUT2D eigenvalue weighted by atomic mass is 9.98. The van der Waals surface area contributed by atoms with Crippen LogP contribution in [0.1, 0.15) is 36.5 Å². The van der Waals surface area contributed by atoms with E-state index in [0.29, 0.717) is 12.5 Å². The van der Waals surface area contributed by atoms with Gasteiger partial charge in [-0.2, -0.15) is 0 Å². The minimum atomic E-state index is 0.0645. The summed E-state index contributed by atoms with van der Waals surface area (Å²) in [4.78, 5) is 13.6. The minimum Gasteiger partial charge on any atom is -0.326 e. The maximum atomic E-state index is 12.4. The third-order valence-electron chi connectivity index (χ3n) is 4.00. The van der Waals surface area contributed by atoms with E-state index in [4.69, 9.17) is 0 Å². The highest BCUT2D eigenvalue weighted by Crippen LogP contribution is 2.27. The average Bonchev–Trinajstić information content (AvgIpc) is 2.49. The standard InChI is InChI=1S/C20H26N2O/c1-15(2)18-12-8-9-16(3)20(18)21-19(23)14-22(4)13-17-10-6-5-7-11-17/h5-12,15H,13-14H2,1-4H3,(H,21,23)/p+1. The highest BCUT2D eigenvalue weighted by atomic mass is 16.2. The van der Waals surface area contributed by atoms with Gasteiger partial charge < -0.3 is 10.2 Å². The lowest BCUT2D eigenvalue weighted by Gasteiger charge is -2.18. The van der Waals surface area contributed by atoms with Gasteiger partial charge >= 0.3 is 0 Å². The Morgan fingerprint density at radius 1 is 1.09 bits per heavy atom. The Morgan fingerprint density at radius 3 is 2.43 bits per heavy atom. The topological polar surface area (TPSA) is 33.5 Å². The van der Waals surface area contributed by atoms with Crippen molar-refractivity contribution in [1.82, 2.24) is 0 Å². The molecule has 3 nitrogen and oxygen atoms in total. The molecule has 0 saturated carbocycles. The summed E-state index contributed by atoms with van der Waals surface area (Å²) in [6, 6.07) is 16.5. The van der Waals surface area contributed by atoms with Gasteiger partial charge in [0.05, 0.1) is 7.05 Å². The van der Waals surface area contributed by atoms with E-state index in [9.17, 15) is 4.79 Å². The summed E-state index contributed by atoms with van der Waals surface area (Å²) in [6.45, 7) is 7.65. The van der Waals surface area contributed by atoms with Crippen LogP contribution in [0.2, 0.25) is 0 Å². The fraction of sp³-hybridized carbons (Fsp3) is 0.350. The quantitative estimate of drug-likeness (QED) is 0.845. The Labute approximate surface area is 139 Å². The van der Waals surface area contributed by atoms with Gasteiger partial charge in [0.1, 0.15) is 6.54 Å². The molecule has 0 aliphatic heterocycles. The number of carbonyl (C=O) groups is 1. The number of nitrogens with one attached hydrogen (secondary N) is 2. The SMILES string of the molecule is Cc1cccc(C(C)C)c1NC(=O)C[NH+](C)Cc1ccccc1. The summed E-state index contributed by atoms with van der Waals surface area (Å²) in [5.41, 5.74) is 4.53. The van der Waals surface area contributed by atoms with E-state index >= 15 is 0 Å². The van der Waals surface area contributed by atoms with Gasteiger partial charge in [0.2, 0.25) is 0 Å². The molecule has 1 unspecified atom stereocenters. The van der Waals surface area contributed by atoms with Gasteiger partial charge in [0, 0.05) is 11.3 Å². The molecule has 2 N–H and O–H groups in total. The molecule has 2 aromatic carbocycles. The van der Waals surface area contributed by atoms with Crippen molar-refractivity contribution in [2.24, 2.45) is 0 Å². The van der Waals surface area contributed by atoms with Crippen molar-refractivity contribution in [3.8, 4) is 0 Å². The summed E-state index contributed by atoms with van der Waals surface area (Å²) in [7, 11) is 2.05. The summed E-state index contributed by atoms with van der Waals surface area (Å²) in [5, 5.41) is 3.12. The van der Waals surface area contributed by atoms with Gasteiger partial charge in [0.25, 0.3) is 5.91 Å². The van der Waals surface area contributed by atoms with Crippen LogP contribution in [0.25, 0.3) is 0 Å². The molecule has 0 aliphatic rings. The molecule has 0 radical (unpaired) electrons. The molecule has 1 amide bonds. The second kappa shape index (κ2) is 7.93. The van der Waals surface area contributed by atoms with Crippen LogP contribution in [0, 0.1) is 6.92 Å². The maximum Gasteiger partial charge on any atom is 0.279 e. The number of aryl methyl sites for hydroxylation is 1. The van der Waals surface area contributed by atoms with E-state index in [1.54, 1.807) is 0 Å². The van der Waals surface area contributed by atoms with E-state index in [1.807, 2.05) is 44.3 Å². The third-order valence-corrected chi connectivity index (χ3v) is 4.00. The molecule has 0 aliphatic carbocycles. The van der Waals surface area contributed by atoms with Crippen molar-refractivity contribution < 1.29 is 9.69 Å². The van der Waals surface area contributed by atoms with E-state index in [2.05, 4.69) is 37.4 Å². The number of para-hydroxylation sites is 1. The first-order valence-corrected chi connectivity index (χ1v) is 8.22. The molecule has 1 atom stereocenters. The van der Waals surface area contributed by atoms with E-state index in [-0.39, 0.29) is 5.91 Å². The second-order valence-electron chi connectivity index (χ2n) is 6.54. The molecule has 2 aromatic rings. The number of carbonyl (C=O) groups excluding carboxylic acids is 1. The van der Waals surface area contributed by atoms with Crippen LogP contribution < -0.4 is 10.2 Å². The van der Waals surface area contributed by atoms with Crippen molar-refractivity contribution in [3.63, 3.8) is 0 Å². The molecule has 0 saturated heterocycles. The molecule has 122 valence electrons. The molecule has 2 rings (SSSR count). The zero-order chi connectivity index (χ0) is 16.8. The van der Waals surface area contributed by atoms with Crippen LogP contribution in [0.3, 0.4) is 0 Å². The van der Waals surface area contributed by atoms with Gasteiger partial charge in [-0.15, -0.1) is 0 Å². The molecule has 0 aromatic heterocycles. The Kier molecular flexibility index (Phi) is 5.94. The highest BCUT2D eigenvalue weighted by molar-refractivity contribution is 5.93. The first-order valence-electron chi connectivity index (χ1n) is 8.22. The number of hydrogen-bond donors (Lipinski definition) is 2. The largest absolute Gasteiger partial charge is 0.326 e. The van der Waals surface area contributed by atoms with E-state index in [1.165, 1.54) is 16.0 Å². The number of quaternary nitrogens is 1. The molecule has 0 spiro atoms. The number of amides is 1. The molecule has 0 fully saturated rings. The van der Waals surface area contributed by atoms with Crippen molar-refractivity contribution >= 4 is 11.6 Å². The zero-order valence-corrected chi connectivity index (χ0v) is 14.5. The predicted octanol–water partition coefficient (Wildman–Crippen LogP) is 2.77. The monoisotopic (exact) mass is 311 g/mol. The highest BCUT2D eigenvalue weighted by Gasteiger charge is 2.15. The fourth-order valence-electron chi connectivity index (χ4n) is 2.81. The van der Waals surface area contributed by atoms with Gasteiger partial charge in [-0.3, -0.25) is 4.79 Å². The summed E-state index contributed by atoms with van der Waals surface area (Å²) >= 11 is 0. The number of rotatable bonds is 6.